The number of carbonyl (C=O) groups excluding carboxylic acids is 1. The summed E-state index contributed by atoms with van der Waals surface area (Å²) in [4.78, 5) is 12.9. The van der Waals surface area contributed by atoms with Gasteiger partial charge in [0.2, 0.25) is 5.91 Å². The molecule has 6 heteroatoms. The molecule has 1 aromatic carbocycles. The van der Waals surface area contributed by atoms with E-state index in [1.54, 1.807) is 4.90 Å². The number of hydrogen-bond acceptors (Lipinski definition) is 3. The quantitative estimate of drug-likeness (QED) is 0.820. The lowest BCUT2D eigenvalue weighted by Crippen LogP contribution is -2.29. The Hall–Kier alpha value is -1.69. The van der Waals surface area contributed by atoms with Gasteiger partial charge in [-0.15, -0.1) is 0 Å². The number of nitrogens with one attached hydrogen (secondary N) is 1. The Balaban J connectivity index is 2.27. The molecule has 2 rings (SSSR count). The molecule has 0 unspecified atom stereocenters. The highest BCUT2D eigenvalue weighted by Gasteiger charge is 2.20. The monoisotopic (exact) mass is 255 g/mol. The van der Waals surface area contributed by atoms with Gasteiger partial charge in [-0.2, -0.15) is 0 Å². The molecule has 4 nitrogen and oxygen atoms in total. The van der Waals surface area contributed by atoms with Gasteiger partial charge in [0.1, 0.15) is 0 Å². The normalized spacial score (nSPS) is 16.4. The van der Waals surface area contributed by atoms with Crippen molar-refractivity contribution in [2.24, 2.45) is 5.73 Å². The molecular formula is C12H15F2N3O. The summed E-state index contributed by atoms with van der Waals surface area (Å²) in [5.74, 6) is -1.87. The summed E-state index contributed by atoms with van der Waals surface area (Å²) in [6.07, 6.45) is 0.277. The Bertz CT molecular complexity index is 465. The van der Waals surface area contributed by atoms with Crippen LogP contribution in [0.4, 0.5) is 14.5 Å². The Morgan fingerprint density at radius 1 is 1.28 bits per heavy atom. The number of anilines is 1. The standard InChI is InChI=1S/C12H15F2N3O/c13-11-8(7-15)1-2-9(12(11)14)17-5-3-10(18)16-4-6-17/h1-2H,3-7,15H2,(H,16,18). The van der Waals surface area contributed by atoms with E-state index in [0.29, 0.717) is 19.6 Å². The summed E-state index contributed by atoms with van der Waals surface area (Å²) in [6, 6.07) is 2.99. The minimum absolute atomic E-state index is 0.0386. The maximum Gasteiger partial charge on any atom is 0.221 e. The number of hydrogen-bond donors (Lipinski definition) is 2. The molecule has 1 saturated heterocycles. The van der Waals surface area contributed by atoms with E-state index in [1.807, 2.05) is 0 Å². The van der Waals surface area contributed by atoms with Crippen molar-refractivity contribution in [1.29, 1.82) is 0 Å². The van der Waals surface area contributed by atoms with Gasteiger partial charge in [0, 0.05) is 38.2 Å². The van der Waals surface area contributed by atoms with E-state index in [4.69, 9.17) is 5.73 Å². The first-order valence-corrected chi connectivity index (χ1v) is 5.82. The third-order valence-corrected chi connectivity index (χ3v) is 3.02. The van der Waals surface area contributed by atoms with E-state index < -0.39 is 11.6 Å². The molecule has 1 fully saturated rings. The largest absolute Gasteiger partial charge is 0.367 e. The molecule has 0 aliphatic carbocycles. The van der Waals surface area contributed by atoms with Crippen LogP contribution in [0.15, 0.2) is 12.1 Å². The van der Waals surface area contributed by atoms with Crippen molar-refractivity contribution in [2.75, 3.05) is 24.5 Å². The number of carbonyl (C=O) groups is 1. The van der Waals surface area contributed by atoms with Crippen molar-refractivity contribution < 1.29 is 13.6 Å². The second kappa shape index (κ2) is 5.30. The molecule has 0 radical (unpaired) electrons. The summed E-state index contributed by atoms with van der Waals surface area (Å²) >= 11 is 0. The molecule has 1 aromatic rings. The van der Waals surface area contributed by atoms with Gasteiger partial charge in [-0.05, 0) is 6.07 Å². The molecule has 0 spiro atoms. The second-order valence-corrected chi connectivity index (χ2v) is 4.16. The van der Waals surface area contributed by atoms with Crippen LogP contribution in [-0.4, -0.2) is 25.5 Å². The highest BCUT2D eigenvalue weighted by atomic mass is 19.2. The lowest BCUT2D eigenvalue weighted by Gasteiger charge is -2.23. The van der Waals surface area contributed by atoms with Crippen LogP contribution < -0.4 is 16.0 Å². The fraction of sp³-hybridized carbons (Fsp3) is 0.417. The molecule has 3 N–H and O–H groups in total. The van der Waals surface area contributed by atoms with Gasteiger partial charge in [-0.3, -0.25) is 4.79 Å². The van der Waals surface area contributed by atoms with Gasteiger partial charge < -0.3 is 16.0 Å². The summed E-state index contributed by atoms with van der Waals surface area (Å²) in [5, 5.41) is 2.68. The molecule has 18 heavy (non-hydrogen) atoms. The van der Waals surface area contributed by atoms with Crippen molar-refractivity contribution in [3.63, 3.8) is 0 Å². The van der Waals surface area contributed by atoms with E-state index in [1.165, 1.54) is 12.1 Å². The third-order valence-electron chi connectivity index (χ3n) is 3.02. The van der Waals surface area contributed by atoms with Crippen molar-refractivity contribution in [3.05, 3.63) is 29.3 Å². The van der Waals surface area contributed by atoms with Gasteiger partial charge in [-0.1, -0.05) is 6.07 Å². The zero-order valence-corrected chi connectivity index (χ0v) is 9.88. The van der Waals surface area contributed by atoms with E-state index in [0.717, 1.165) is 0 Å². The van der Waals surface area contributed by atoms with Crippen molar-refractivity contribution in [3.8, 4) is 0 Å². The molecule has 98 valence electrons. The lowest BCUT2D eigenvalue weighted by atomic mass is 10.1. The van der Waals surface area contributed by atoms with Crippen LogP contribution in [0.5, 0.6) is 0 Å². The summed E-state index contributed by atoms with van der Waals surface area (Å²) < 4.78 is 27.5. The van der Waals surface area contributed by atoms with Crippen LogP contribution in [0.3, 0.4) is 0 Å². The lowest BCUT2D eigenvalue weighted by molar-refractivity contribution is -0.120. The van der Waals surface area contributed by atoms with Crippen LogP contribution in [0.2, 0.25) is 0 Å². The zero-order chi connectivity index (χ0) is 13.1. The molecular weight excluding hydrogens is 240 g/mol. The maximum atomic E-state index is 13.9. The Kier molecular flexibility index (Phi) is 3.76. The highest BCUT2D eigenvalue weighted by Crippen LogP contribution is 2.24. The van der Waals surface area contributed by atoms with E-state index in [-0.39, 0.29) is 30.1 Å². The van der Waals surface area contributed by atoms with Crippen LogP contribution >= 0.6 is 0 Å². The molecule has 1 heterocycles. The zero-order valence-electron chi connectivity index (χ0n) is 9.88. The average molecular weight is 255 g/mol. The first kappa shape index (κ1) is 12.8. The average Bonchev–Trinajstić information content (AvgIpc) is 2.58. The van der Waals surface area contributed by atoms with Gasteiger partial charge >= 0.3 is 0 Å². The number of nitrogens with two attached hydrogens (primary N) is 1. The van der Waals surface area contributed by atoms with Crippen molar-refractivity contribution in [1.82, 2.24) is 5.32 Å². The van der Waals surface area contributed by atoms with Gasteiger partial charge in [0.05, 0.1) is 5.69 Å². The predicted molar refractivity (Wildman–Crippen MR) is 64.1 cm³/mol. The van der Waals surface area contributed by atoms with Crippen molar-refractivity contribution in [2.45, 2.75) is 13.0 Å². The Morgan fingerprint density at radius 3 is 2.78 bits per heavy atom. The minimum Gasteiger partial charge on any atom is -0.367 e. The van der Waals surface area contributed by atoms with E-state index in [9.17, 15) is 13.6 Å². The number of benzene rings is 1. The SMILES string of the molecule is NCc1ccc(N2CCNC(=O)CC2)c(F)c1F. The number of rotatable bonds is 2. The number of amides is 1. The van der Waals surface area contributed by atoms with E-state index >= 15 is 0 Å². The minimum atomic E-state index is -0.904. The fourth-order valence-corrected chi connectivity index (χ4v) is 1.99. The molecule has 1 aliphatic heterocycles. The third kappa shape index (κ3) is 2.43. The molecule has 0 aromatic heterocycles. The molecule has 0 atom stereocenters. The topological polar surface area (TPSA) is 58.4 Å². The summed E-state index contributed by atoms with van der Waals surface area (Å²) in [5.41, 5.74) is 5.65. The smallest absolute Gasteiger partial charge is 0.221 e. The van der Waals surface area contributed by atoms with Gasteiger partial charge in [0.25, 0.3) is 0 Å². The Labute approximate surface area is 104 Å². The van der Waals surface area contributed by atoms with Gasteiger partial charge in [0.15, 0.2) is 11.6 Å². The van der Waals surface area contributed by atoms with Crippen LogP contribution in [-0.2, 0) is 11.3 Å². The predicted octanol–water partition coefficient (Wildman–Crippen LogP) is 0.750. The van der Waals surface area contributed by atoms with E-state index in [2.05, 4.69) is 5.32 Å². The van der Waals surface area contributed by atoms with Crippen LogP contribution in [0, 0.1) is 11.6 Å². The number of halogens is 2. The molecule has 0 bridgehead atoms. The summed E-state index contributed by atoms with van der Waals surface area (Å²) in [7, 11) is 0. The molecule has 0 saturated carbocycles. The fourth-order valence-electron chi connectivity index (χ4n) is 1.99. The van der Waals surface area contributed by atoms with Crippen LogP contribution in [0.25, 0.3) is 0 Å². The second-order valence-electron chi connectivity index (χ2n) is 4.16. The Morgan fingerprint density at radius 2 is 2.06 bits per heavy atom. The first-order chi connectivity index (χ1) is 8.63. The number of nitrogens with zero attached hydrogens (tertiary/aromatic N) is 1. The first-order valence-electron chi connectivity index (χ1n) is 5.82. The van der Waals surface area contributed by atoms with Crippen LogP contribution in [0.1, 0.15) is 12.0 Å². The highest BCUT2D eigenvalue weighted by molar-refractivity contribution is 5.77. The van der Waals surface area contributed by atoms with Gasteiger partial charge in [-0.25, -0.2) is 8.78 Å². The molecule has 1 aliphatic rings. The summed E-state index contributed by atoms with van der Waals surface area (Å²) in [6.45, 7) is 1.23. The van der Waals surface area contributed by atoms with Crippen molar-refractivity contribution >= 4 is 11.6 Å². The molecule has 1 amide bonds. The maximum absolute atomic E-state index is 13.9.